The van der Waals surface area contributed by atoms with E-state index in [2.05, 4.69) is 10.6 Å². The highest BCUT2D eigenvalue weighted by molar-refractivity contribution is 5.91. The highest BCUT2D eigenvalue weighted by Crippen LogP contribution is 2.05. The molecule has 0 aliphatic carbocycles. The number of nitrogens with two attached hydrogens (primary N) is 1. The number of hydrogen-bond acceptors (Lipinski definition) is 5. The molecule has 8 heteroatoms. The second-order valence-corrected chi connectivity index (χ2v) is 5.80. The lowest BCUT2D eigenvalue weighted by molar-refractivity contribution is -0.137. The van der Waals surface area contributed by atoms with E-state index in [4.69, 9.17) is 10.5 Å². The van der Waals surface area contributed by atoms with Crippen molar-refractivity contribution in [3.8, 4) is 0 Å². The van der Waals surface area contributed by atoms with E-state index in [1.54, 1.807) is 6.92 Å². The van der Waals surface area contributed by atoms with Crippen LogP contribution in [0.1, 0.15) is 25.8 Å². The normalized spacial score (nSPS) is 12.8. The predicted octanol–water partition coefficient (Wildman–Crippen LogP) is 0.213. The van der Waals surface area contributed by atoms with Crippen molar-refractivity contribution in [2.45, 2.75) is 38.8 Å². The van der Waals surface area contributed by atoms with Crippen LogP contribution in [0.5, 0.6) is 0 Å². The summed E-state index contributed by atoms with van der Waals surface area (Å²) in [6.45, 7) is 3.21. The summed E-state index contributed by atoms with van der Waals surface area (Å²) < 4.78 is 4.74. The standard InChI is InChI=1S/C19H25N3O5/c1-3-27-17(24)11-7-10-15(18(20)25)22-19(26)16(21-13(2)23)12-14-8-5-4-6-9-14/h4-9,11,15-16H,3,10,12H2,1-2H3,(H2,20,25)(H,21,23)(H,22,26)/b11-7+/t15-,16+/m0/s1. The van der Waals surface area contributed by atoms with Crippen LogP contribution in [-0.4, -0.2) is 42.4 Å². The van der Waals surface area contributed by atoms with E-state index in [9.17, 15) is 19.2 Å². The molecule has 0 spiro atoms. The molecular weight excluding hydrogens is 350 g/mol. The Morgan fingerprint density at radius 1 is 1.11 bits per heavy atom. The number of ether oxygens (including phenoxy) is 1. The van der Waals surface area contributed by atoms with E-state index < -0.39 is 29.9 Å². The molecule has 0 fully saturated rings. The Morgan fingerprint density at radius 2 is 1.78 bits per heavy atom. The van der Waals surface area contributed by atoms with E-state index >= 15 is 0 Å². The van der Waals surface area contributed by atoms with Crippen molar-refractivity contribution < 1.29 is 23.9 Å². The molecule has 0 aromatic heterocycles. The van der Waals surface area contributed by atoms with Gasteiger partial charge in [0.05, 0.1) is 6.61 Å². The molecule has 1 rings (SSSR count). The van der Waals surface area contributed by atoms with Crippen LogP contribution < -0.4 is 16.4 Å². The Morgan fingerprint density at radius 3 is 2.33 bits per heavy atom. The number of nitrogens with one attached hydrogen (secondary N) is 2. The fraction of sp³-hybridized carbons (Fsp3) is 0.368. The zero-order chi connectivity index (χ0) is 20.2. The highest BCUT2D eigenvalue weighted by atomic mass is 16.5. The van der Waals surface area contributed by atoms with Gasteiger partial charge >= 0.3 is 5.97 Å². The van der Waals surface area contributed by atoms with Crippen LogP contribution in [0, 0.1) is 0 Å². The minimum atomic E-state index is -1.02. The Hall–Kier alpha value is -3.16. The van der Waals surface area contributed by atoms with Crippen molar-refractivity contribution in [2.75, 3.05) is 6.61 Å². The molecule has 0 heterocycles. The van der Waals surface area contributed by atoms with Crippen LogP contribution in [0.3, 0.4) is 0 Å². The summed E-state index contributed by atoms with van der Waals surface area (Å²) in [5.74, 6) is -2.21. The van der Waals surface area contributed by atoms with E-state index in [0.29, 0.717) is 0 Å². The Bertz CT molecular complexity index is 688. The minimum Gasteiger partial charge on any atom is -0.463 e. The van der Waals surface area contributed by atoms with Crippen molar-refractivity contribution in [3.05, 3.63) is 48.0 Å². The lowest BCUT2D eigenvalue weighted by atomic mass is 10.0. The third kappa shape index (κ3) is 8.66. The molecule has 0 radical (unpaired) electrons. The molecule has 0 aliphatic heterocycles. The highest BCUT2D eigenvalue weighted by Gasteiger charge is 2.24. The third-order valence-corrected chi connectivity index (χ3v) is 3.55. The average Bonchev–Trinajstić information content (AvgIpc) is 2.60. The molecule has 0 aliphatic rings. The average molecular weight is 375 g/mol. The summed E-state index contributed by atoms with van der Waals surface area (Å²) in [6, 6.07) is 7.27. The zero-order valence-electron chi connectivity index (χ0n) is 15.4. The third-order valence-electron chi connectivity index (χ3n) is 3.55. The minimum absolute atomic E-state index is 0.0258. The van der Waals surface area contributed by atoms with Gasteiger partial charge in [-0.05, 0) is 18.9 Å². The van der Waals surface area contributed by atoms with Gasteiger partial charge in [-0.25, -0.2) is 4.79 Å². The topological polar surface area (TPSA) is 128 Å². The molecule has 1 aromatic carbocycles. The van der Waals surface area contributed by atoms with Gasteiger partial charge in [0.1, 0.15) is 12.1 Å². The quantitative estimate of drug-likeness (QED) is 0.398. The van der Waals surface area contributed by atoms with E-state index in [0.717, 1.165) is 5.56 Å². The van der Waals surface area contributed by atoms with Gasteiger partial charge < -0.3 is 21.1 Å². The second kappa shape index (κ2) is 11.5. The first-order valence-corrected chi connectivity index (χ1v) is 8.57. The van der Waals surface area contributed by atoms with Crippen LogP contribution in [-0.2, 0) is 30.3 Å². The lowest BCUT2D eigenvalue weighted by Crippen LogP contribution is -2.53. The van der Waals surface area contributed by atoms with Crippen LogP contribution in [0.4, 0.5) is 0 Å². The predicted molar refractivity (Wildman–Crippen MR) is 99.3 cm³/mol. The molecule has 0 saturated heterocycles. The summed E-state index contributed by atoms with van der Waals surface area (Å²) in [6.07, 6.45) is 2.85. The number of primary amides is 1. The van der Waals surface area contributed by atoms with Crippen molar-refractivity contribution in [1.29, 1.82) is 0 Å². The first-order valence-electron chi connectivity index (χ1n) is 8.57. The number of esters is 1. The number of carbonyl (C=O) groups is 4. The second-order valence-electron chi connectivity index (χ2n) is 5.80. The summed E-state index contributed by atoms with van der Waals surface area (Å²) in [4.78, 5) is 46.9. The van der Waals surface area contributed by atoms with Crippen LogP contribution in [0.15, 0.2) is 42.5 Å². The van der Waals surface area contributed by atoms with Gasteiger partial charge in [0, 0.05) is 19.4 Å². The van der Waals surface area contributed by atoms with E-state index in [-0.39, 0.29) is 25.4 Å². The van der Waals surface area contributed by atoms with Crippen molar-refractivity contribution in [3.63, 3.8) is 0 Å². The summed E-state index contributed by atoms with van der Waals surface area (Å²) in [5, 5.41) is 5.08. The first kappa shape index (κ1) is 21.9. The van der Waals surface area contributed by atoms with Crippen LogP contribution >= 0.6 is 0 Å². The summed E-state index contributed by atoms with van der Waals surface area (Å²) in [7, 11) is 0. The van der Waals surface area contributed by atoms with E-state index in [1.165, 1.54) is 19.1 Å². The van der Waals surface area contributed by atoms with Crippen molar-refractivity contribution >= 4 is 23.7 Å². The van der Waals surface area contributed by atoms with Crippen LogP contribution in [0.25, 0.3) is 0 Å². The first-order chi connectivity index (χ1) is 12.8. The molecule has 0 saturated carbocycles. The smallest absolute Gasteiger partial charge is 0.330 e. The number of hydrogen-bond donors (Lipinski definition) is 3. The Balaban J connectivity index is 2.77. The maximum Gasteiger partial charge on any atom is 0.330 e. The number of rotatable bonds is 10. The van der Waals surface area contributed by atoms with Crippen molar-refractivity contribution in [2.24, 2.45) is 5.73 Å². The molecule has 0 unspecified atom stereocenters. The van der Waals surface area contributed by atoms with Gasteiger partial charge in [0.2, 0.25) is 17.7 Å². The zero-order valence-corrected chi connectivity index (χ0v) is 15.4. The SMILES string of the molecule is CCOC(=O)/C=C/C[C@H](NC(=O)[C@@H](Cc1ccccc1)NC(C)=O)C(N)=O. The van der Waals surface area contributed by atoms with Crippen molar-refractivity contribution in [1.82, 2.24) is 10.6 Å². The Labute approximate surface area is 158 Å². The molecule has 8 nitrogen and oxygen atoms in total. The lowest BCUT2D eigenvalue weighted by Gasteiger charge is -2.21. The van der Waals surface area contributed by atoms with Gasteiger partial charge in [0.25, 0.3) is 0 Å². The monoisotopic (exact) mass is 375 g/mol. The van der Waals surface area contributed by atoms with Gasteiger partial charge in [-0.1, -0.05) is 36.4 Å². The maximum absolute atomic E-state index is 12.5. The fourth-order valence-electron chi connectivity index (χ4n) is 2.31. The molecule has 2 atom stereocenters. The molecular formula is C19H25N3O5. The largest absolute Gasteiger partial charge is 0.463 e. The van der Waals surface area contributed by atoms with Crippen LogP contribution in [0.2, 0.25) is 0 Å². The van der Waals surface area contributed by atoms with E-state index in [1.807, 2.05) is 30.3 Å². The molecule has 1 aromatic rings. The molecule has 146 valence electrons. The number of amides is 3. The molecule has 3 amide bonds. The molecule has 27 heavy (non-hydrogen) atoms. The maximum atomic E-state index is 12.5. The summed E-state index contributed by atoms with van der Waals surface area (Å²) in [5.41, 5.74) is 6.17. The van der Waals surface area contributed by atoms with Gasteiger partial charge in [-0.3, -0.25) is 14.4 Å². The fourth-order valence-corrected chi connectivity index (χ4v) is 2.31. The molecule has 0 bridgehead atoms. The number of carbonyl (C=O) groups excluding carboxylic acids is 4. The van der Waals surface area contributed by atoms with Gasteiger partial charge in [-0.2, -0.15) is 0 Å². The molecule has 4 N–H and O–H groups in total. The van der Waals surface area contributed by atoms with Gasteiger partial charge in [0.15, 0.2) is 0 Å². The Kier molecular flexibility index (Phi) is 9.28. The number of benzene rings is 1. The van der Waals surface area contributed by atoms with Gasteiger partial charge in [-0.15, -0.1) is 0 Å². The summed E-state index contributed by atoms with van der Waals surface area (Å²) >= 11 is 0.